The summed E-state index contributed by atoms with van der Waals surface area (Å²) in [6, 6.07) is 6.14. The maximum atomic E-state index is 12.4. The van der Waals surface area contributed by atoms with Gasteiger partial charge in [0.1, 0.15) is 0 Å². The molecule has 3 aromatic rings. The largest absolute Gasteiger partial charge is 0.324 e. The molecule has 0 radical (unpaired) electrons. The molecule has 3 rings (SSSR count). The van der Waals surface area contributed by atoms with E-state index in [1.807, 2.05) is 18.4 Å². The van der Waals surface area contributed by atoms with E-state index < -0.39 is 4.92 Å². The first-order chi connectivity index (χ1) is 14.7. The zero-order chi connectivity index (χ0) is 22.7. The summed E-state index contributed by atoms with van der Waals surface area (Å²) in [7, 11) is 0. The van der Waals surface area contributed by atoms with Crippen molar-refractivity contribution in [3.05, 3.63) is 49.7 Å². The van der Waals surface area contributed by atoms with Crippen molar-refractivity contribution in [2.45, 2.75) is 44.8 Å². The third-order valence-corrected chi connectivity index (χ3v) is 6.90. The number of thiophene rings is 1. The molecule has 2 heterocycles. The summed E-state index contributed by atoms with van der Waals surface area (Å²) in [5.74, 6) is 0.921. The molecule has 1 amide bonds. The van der Waals surface area contributed by atoms with Gasteiger partial charge in [-0.3, -0.25) is 19.5 Å². The van der Waals surface area contributed by atoms with E-state index in [1.54, 1.807) is 11.3 Å². The zero-order valence-corrected chi connectivity index (χ0v) is 19.8. The molecule has 11 heteroatoms. The molecule has 0 aliphatic carbocycles. The molecule has 0 saturated carbocycles. The minimum atomic E-state index is -0.539. The number of hydrogen-bond donors (Lipinski definition) is 1. The summed E-state index contributed by atoms with van der Waals surface area (Å²) in [6.07, 6.45) is 0. The number of aromatic nitrogens is 3. The first kappa shape index (κ1) is 23.2. The molecule has 1 N–H and O–H groups in total. The summed E-state index contributed by atoms with van der Waals surface area (Å²) in [5.41, 5.74) is 1.06. The second-order valence-electron chi connectivity index (χ2n) is 7.42. The van der Waals surface area contributed by atoms with Gasteiger partial charge in [0.2, 0.25) is 5.91 Å². The summed E-state index contributed by atoms with van der Waals surface area (Å²) in [4.78, 5) is 24.1. The molecule has 2 aromatic heterocycles. The number of benzene rings is 1. The van der Waals surface area contributed by atoms with Crippen LogP contribution in [-0.4, -0.2) is 31.3 Å². The Morgan fingerprint density at radius 1 is 1.29 bits per heavy atom. The predicted molar refractivity (Wildman–Crippen MR) is 125 cm³/mol. The molecular weight excluding hydrogens is 458 g/mol. The van der Waals surface area contributed by atoms with E-state index >= 15 is 0 Å². The van der Waals surface area contributed by atoms with E-state index in [4.69, 9.17) is 11.6 Å². The molecule has 0 spiro atoms. The summed E-state index contributed by atoms with van der Waals surface area (Å²) in [6.45, 7) is 8.37. The molecule has 0 saturated heterocycles. The van der Waals surface area contributed by atoms with Crippen molar-refractivity contribution < 1.29 is 9.72 Å². The van der Waals surface area contributed by atoms with Crippen molar-refractivity contribution in [3.63, 3.8) is 0 Å². The molecule has 0 bridgehead atoms. The second-order valence-corrected chi connectivity index (χ2v) is 9.71. The first-order valence-electron chi connectivity index (χ1n) is 9.57. The van der Waals surface area contributed by atoms with Gasteiger partial charge >= 0.3 is 0 Å². The van der Waals surface area contributed by atoms with Gasteiger partial charge < -0.3 is 5.32 Å². The van der Waals surface area contributed by atoms with E-state index in [0.717, 1.165) is 11.4 Å². The van der Waals surface area contributed by atoms with Crippen molar-refractivity contribution in [3.8, 4) is 11.4 Å². The average Bonchev–Trinajstić information content (AvgIpc) is 3.34. The number of nitrogens with zero attached hydrogens (tertiary/aromatic N) is 4. The molecule has 31 heavy (non-hydrogen) atoms. The topological polar surface area (TPSA) is 103 Å². The van der Waals surface area contributed by atoms with Crippen LogP contribution in [0.4, 0.5) is 11.4 Å². The third kappa shape index (κ3) is 5.44. The van der Waals surface area contributed by atoms with E-state index in [-0.39, 0.29) is 34.1 Å². The molecule has 1 aromatic carbocycles. The third-order valence-electron chi connectivity index (χ3n) is 4.40. The van der Waals surface area contributed by atoms with Gasteiger partial charge in [-0.15, -0.1) is 21.5 Å². The molecule has 0 atom stereocenters. The number of nitrogens with one attached hydrogen (secondary N) is 1. The number of hydrogen-bond acceptors (Lipinski definition) is 7. The lowest BCUT2D eigenvalue weighted by Crippen LogP contribution is -2.15. The monoisotopic (exact) mass is 479 g/mol. The van der Waals surface area contributed by atoms with Gasteiger partial charge in [-0.25, -0.2) is 0 Å². The van der Waals surface area contributed by atoms with Gasteiger partial charge in [-0.05, 0) is 31.9 Å². The number of thioether (sulfide) groups is 1. The fourth-order valence-corrected chi connectivity index (χ4v) is 4.79. The molecule has 0 aliphatic rings. The van der Waals surface area contributed by atoms with Gasteiger partial charge in [-0.2, -0.15) is 0 Å². The van der Waals surface area contributed by atoms with Crippen LogP contribution < -0.4 is 5.32 Å². The highest BCUT2D eigenvalue weighted by molar-refractivity contribution is 7.99. The number of nitro groups is 1. The standard InChI is InChI=1S/C20H22ClN5O3S2/c1-11(2)17-7-13(9-30-17)19-23-24-20(25(19)12(3)4)31-10-18(27)22-16-8-14(26(28)29)5-6-15(16)21/h5-9,11-12H,10H2,1-4H3,(H,22,27). The number of halogens is 1. The Kier molecular flexibility index (Phi) is 7.34. The molecule has 164 valence electrons. The number of carbonyl (C=O) groups is 1. The van der Waals surface area contributed by atoms with Crippen molar-refractivity contribution in [2.75, 3.05) is 11.1 Å². The second kappa shape index (κ2) is 9.80. The number of non-ortho nitro benzene ring substituents is 1. The van der Waals surface area contributed by atoms with Crippen LogP contribution in [0.3, 0.4) is 0 Å². The highest BCUT2D eigenvalue weighted by Gasteiger charge is 2.20. The smallest absolute Gasteiger partial charge is 0.271 e. The Morgan fingerprint density at radius 3 is 2.65 bits per heavy atom. The van der Waals surface area contributed by atoms with Gasteiger partial charge in [0.15, 0.2) is 11.0 Å². The number of amides is 1. The SMILES string of the molecule is CC(C)c1cc(-c2nnc(SCC(=O)Nc3cc([N+](=O)[O-])ccc3Cl)n2C(C)C)cs1. The Bertz CT molecular complexity index is 1110. The van der Waals surface area contributed by atoms with E-state index in [0.29, 0.717) is 11.1 Å². The maximum Gasteiger partial charge on any atom is 0.271 e. The number of rotatable bonds is 8. The lowest BCUT2D eigenvalue weighted by Gasteiger charge is -2.13. The lowest BCUT2D eigenvalue weighted by atomic mass is 10.1. The Labute approximate surface area is 193 Å². The molecule has 0 aliphatic heterocycles. The minimum Gasteiger partial charge on any atom is -0.324 e. The van der Waals surface area contributed by atoms with E-state index in [2.05, 4.69) is 40.8 Å². The molecule has 0 fully saturated rings. The number of nitro benzene ring substituents is 1. The van der Waals surface area contributed by atoms with Crippen LogP contribution in [0.15, 0.2) is 34.8 Å². The van der Waals surface area contributed by atoms with Crippen LogP contribution >= 0.6 is 34.7 Å². The lowest BCUT2D eigenvalue weighted by molar-refractivity contribution is -0.384. The Balaban J connectivity index is 1.74. The fraction of sp³-hybridized carbons (Fsp3) is 0.350. The van der Waals surface area contributed by atoms with Crippen molar-refractivity contribution in [1.82, 2.24) is 14.8 Å². The Hall–Kier alpha value is -2.43. The van der Waals surface area contributed by atoms with E-state index in [9.17, 15) is 14.9 Å². The van der Waals surface area contributed by atoms with Gasteiger partial charge in [0, 0.05) is 34.0 Å². The summed E-state index contributed by atoms with van der Waals surface area (Å²) >= 11 is 9.00. The van der Waals surface area contributed by atoms with E-state index in [1.165, 1.54) is 34.8 Å². The highest BCUT2D eigenvalue weighted by atomic mass is 35.5. The van der Waals surface area contributed by atoms with Crippen molar-refractivity contribution >= 4 is 52.0 Å². The van der Waals surface area contributed by atoms with Crippen LogP contribution in [0.1, 0.15) is 44.5 Å². The molecular formula is C20H22ClN5O3S2. The van der Waals surface area contributed by atoms with Crippen molar-refractivity contribution in [2.24, 2.45) is 0 Å². The minimum absolute atomic E-state index is 0.0603. The van der Waals surface area contributed by atoms with Crippen LogP contribution in [0.25, 0.3) is 11.4 Å². The molecule has 8 nitrogen and oxygen atoms in total. The van der Waals surface area contributed by atoms with Crippen LogP contribution in [0, 0.1) is 10.1 Å². The maximum absolute atomic E-state index is 12.4. The fourth-order valence-electron chi connectivity index (χ4n) is 2.85. The summed E-state index contributed by atoms with van der Waals surface area (Å²) < 4.78 is 2.00. The number of anilines is 1. The van der Waals surface area contributed by atoms with Crippen molar-refractivity contribution in [1.29, 1.82) is 0 Å². The highest BCUT2D eigenvalue weighted by Crippen LogP contribution is 2.33. The van der Waals surface area contributed by atoms with Crippen LogP contribution in [0.2, 0.25) is 5.02 Å². The predicted octanol–water partition coefficient (Wildman–Crippen LogP) is 6.00. The van der Waals surface area contributed by atoms with Gasteiger partial charge in [-0.1, -0.05) is 37.2 Å². The number of carbonyl (C=O) groups excluding carboxylic acids is 1. The average molecular weight is 480 g/mol. The first-order valence-corrected chi connectivity index (χ1v) is 11.8. The Morgan fingerprint density at radius 2 is 2.03 bits per heavy atom. The zero-order valence-electron chi connectivity index (χ0n) is 17.5. The van der Waals surface area contributed by atoms with Gasteiger partial charge in [0.05, 0.1) is 21.4 Å². The molecule has 0 unspecified atom stereocenters. The normalized spacial score (nSPS) is 11.3. The van der Waals surface area contributed by atoms with Crippen LogP contribution in [-0.2, 0) is 4.79 Å². The summed E-state index contributed by atoms with van der Waals surface area (Å²) in [5, 5.41) is 25.2. The van der Waals surface area contributed by atoms with Crippen LogP contribution in [0.5, 0.6) is 0 Å². The van der Waals surface area contributed by atoms with Gasteiger partial charge in [0.25, 0.3) is 5.69 Å². The quantitative estimate of drug-likeness (QED) is 0.241.